The number of ether oxygens (including phenoxy) is 3. The van der Waals surface area contributed by atoms with E-state index in [-0.39, 0.29) is 31.7 Å². The number of hydrogen-bond acceptors (Lipinski definition) is 7. The minimum atomic E-state index is -6.55. The van der Waals surface area contributed by atoms with Gasteiger partial charge in [0.2, 0.25) is 0 Å². The van der Waals surface area contributed by atoms with E-state index in [4.69, 9.17) is 14.0 Å². The standard InChI is InChI=1S/C16H13F5I2O8S/c1-7(2)12(24)30-4-3-29-11-9(22)5-8(6-10(11)23)13(25)31-14(15(17,18)19)16(20,21)32(26,27)28/h5-6,14H,1,3-4H2,2H3,(H,26,27,28). The molecule has 0 aromatic heterocycles. The van der Waals surface area contributed by atoms with Gasteiger partial charge in [-0.2, -0.15) is 30.4 Å². The van der Waals surface area contributed by atoms with Crippen molar-refractivity contribution >= 4 is 67.2 Å². The van der Waals surface area contributed by atoms with Crippen LogP contribution in [-0.4, -0.2) is 55.7 Å². The Morgan fingerprint density at radius 3 is 2.03 bits per heavy atom. The molecule has 0 radical (unpaired) electrons. The van der Waals surface area contributed by atoms with E-state index in [0.29, 0.717) is 0 Å². The lowest BCUT2D eigenvalue weighted by atomic mass is 10.2. The van der Waals surface area contributed by atoms with E-state index in [2.05, 4.69) is 11.3 Å². The monoisotopic (exact) mass is 714 g/mol. The molecule has 0 aliphatic heterocycles. The van der Waals surface area contributed by atoms with Crippen LogP contribution in [0.4, 0.5) is 22.0 Å². The Bertz CT molecular complexity index is 987. The fourth-order valence-electron chi connectivity index (χ4n) is 1.85. The predicted octanol–water partition coefficient (Wildman–Crippen LogP) is 3.96. The van der Waals surface area contributed by atoms with Crippen molar-refractivity contribution in [1.82, 2.24) is 0 Å². The molecule has 0 amide bonds. The van der Waals surface area contributed by atoms with Crippen LogP contribution in [0.2, 0.25) is 0 Å². The minimum Gasteiger partial charge on any atom is -0.488 e. The van der Waals surface area contributed by atoms with E-state index in [1.165, 1.54) is 6.92 Å². The summed E-state index contributed by atoms with van der Waals surface area (Å²) in [6.45, 7) is 4.52. The van der Waals surface area contributed by atoms with Crippen molar-refractivity contribution in [2.75, 3.05) is 13.2 Å². The van der Waals surface area contributed by atoms with E-state index >= 15 is 0 Å². The Balaban J connectivity index is 3.05. The molecule has 32 heavy (non-hydrogen) atoms. The third kappa shape index (κ3) is 7.37. The molecule has 0 aliphatic carbocycles. The number of rotatable bonds is 9. The first-order chi connectivity index (χ1) is 14.4. The first-order valence-corrected chi connectivity index (χ1v) is 11.6. The minimum absolute atomic E-state index is 0.133. The number of hydrogen-bond donors (Lipinski definition) is 1. The summed E-state index contributed by atoms with van der Waals surface area (Å²) in [6, 6.07) is 1.89. The van der Waals surface area contributed by atoms with Crippen molar-refractivity contribution < 1.29 is 58.7 Å². The van der Waals surface area contributed by atoms with Gasteiger partial charge in [-0.15, -0.1) is 0 Å². The lowest BCUT2D eigenvalue weighted by Crippen LogP contribution is -2.52. The van der Waals surface area contributed by atoms with Gasteiger partial charge in [0, 0.05) is 5.57 Å². The topological polar surface area (TPSA) is 116 Å². The molecule has 0 fully saturated rings. The molecule has 0 spiro atoms. The highest BCUT2D eigenvalue weighted by atomic mass is 127. The van der Waals surface area contributed by atoms with Crippen LogP contribution >= 0.6 is 45.2 Å². The zero-order valence-corrected chi connectivity index (χ0v) is 20.8. The number of carbonyl (C=O) groups is 2. The van der Waals surface area contributed by atoms with Gasteiger partial charge in [-0.1, -0.05) is 6.58 Å². The molecule has 0 bridgehead atoms. The number of benzene rings is 1. The SMILES string of the molecule is C=C(C)C(=O)OCCOc1c(I)cc(C(=O)OC(C(F)(F)F)C(F)(F)S(=O)(=O)O)cc1I. The Hall–Kier alpha value is -1.28. The van der Waals surface area contributed by atoms with E-state index < -0.39 is 45.2 Å². The van der Waals surface area contributed by atoms with Crippen LogP contribution in [-0.2, 0) is 24.4 Å². The fraction of sp³-hybridized carbons (Fsp3) is 0.375. The summed E-state index contributed by atoms with van der Waals surface area (Å²) in [6.07, 6.45) is -10.5. The average Bonchev–Trinajstić information content (AvgIpc) is 2.61. The molecular weight excluding hydrogens is 701 g/mol. The van der Waals surface area contributed by atoms with E-state index in [1.807, 2.05) is 0 Å². The summed E-state index contributed by atoms with van der Waals surface area (Å²) >= 11 is 3.27. The van der Waals surface area contributed by atoms with Crippen LogP contribution in [0.3, 0.4) is 0 Å². The molecule has 1 atom stereocenters. The maximum Gasteiger partial charge on any atom is 0.432 e. The maximum atomic E-state index is 13.6. The lowest BCUT2D eigenvalue weighted by Gasteiger charge is -2.26. The Morgan fingerprint density at radius 2 is 1.62 bits per heavy atom. The molecule has 1 aromatic carbocycles. The van der Waals surface area contributed by atoms with Gasteiger partial charge in [-0.3, -0.25) is 4.55 Å². The highest BCUT2D eigenvalue weighted by Crippen LogP contribution is 2.39. The number of esters is 2. The summed E-state index contributed by atoms with van der Waals surface area (Å²) in [4.78, 5) is 23.3. The van der Waals surface area contributed by atoms with Crippen molar-refractivity contribution in [2.24, 2.45) is 0 Å². The van der Waals surface area contributed by atoms with Crippen molar-refractivity contribution in [2.45, 2.75) is 24.5 Å². The third-order valence-electron chi connectivity index (χ3n) is 3.32. The summed E-state index contributed by atoms with van der Waals surface area (Å²) in [5.41, 5.74) is -0.464. The predicted molar refractivity (Wildman–Crippen MR) is 115 cm³/mol. The molecule has 0 saturated heterocycles. The van der Waals surface area contributed by atoms with Gasteiger partial charge in [-0.05, 0) is 64.2 Å². The molecule has 8 nitrogen and oxygen atoms in total. The highest BCUT2D eigenvalue weighted by Gasteiger charge is 2.66. The van der Waals surface area contributed by atoms with E-state index in [1.54, 1.807) is 45.2 Å². The number of carbonyl (C=O) groups excluding carboxylic acids is 2. The molecule has 180 valence electrons. The smallest absolute Gasteiger partial charge is 0.432 e. The van der Waals surface area contributed by atoms with Crippen molar-refractivity contribution in [3.8, 4) is 5.75 Å². The first-order valence-electron chi connectivity index (χ1n) is 7.96. The average molecular weight is 714 g/mol. The molecule has 0 aliphatic rings. The largest absolute Gasteiger partial charge is 0.488 e. The van der Waals surface area contributed by atoms with Crippen LogP contribution in [0, 0.1) is 7.14 Å². The molecule has 0 heterocycles. The van der Waals surface area contributed by atoms with E-state index in [0.717, 1.165) is 12.1 Å². The third-order valence-corrected chi connectivity index (χ3v) is 5.82. The van der Waals surface area contributed by atoms with Gasteiger partial charge >= 0.3 is 33.5 Å². The van der Waals surface area contributed by atoms with Gasteiger partial charge in [0.25, 0.3) is 6.10 Å². The number of halogens is 7. The van der Waals surface area contributed by atoms with Crippen LogP contribution in [0.25, 0.3) is 0 Å². The molecule has 1 N–H and O–H groups in total. The van der Waals surface area contributed by atoms with Gasteiger partial charge in [-0.25, -0.2) is 9.59 Å². The summed E-state index contributed by atoms with van der Waals surface area (Å²) in [5, 5.41) is -5.84. The van der Waals surface area contributed by atoms with Gasteiger partial charge in [0.05, 0.1) is 12.7 Å². The lowest BCUT2D eigenvalue weighted by molar-refractivity contribution is -0.248. The molecule has 0 saturated carbocycles. The van der Waals surface area contributed by atoms with Crippen LogP contribution in [0.1, 0.15) is 17.3 Å². The second kappa shape index (κ2) is 10.8. The van der Waals surface area contributed by atoms with Gasteiger partial charge in [0.15, 0.2) is 0 Å². The summed E-state index contributed by atoms with van der Waals surface area (Å²) in [5.74, 6) is -2.44. The quantitative estimate of drug-likeness (QED) is 0.102. The zero-order chi connectivity index (χ0) is 25.1. The molecule has 1 rings (SSSR count). The van der Waals surface area contributed by atoms with Gasteiger partial charge in [0.1, 0.15) is 19.0 Å². The van der Waals surface area contributed by atoms with Crippen LogP contribution < -0.4 is 4.74 Å². The molecule has 1 unspecified atom stereocenters. The second-order valence-corrected chi connectivity index (χ2v) is 9.72. The van der Waals surface area contributed by atoms with E-state index in [9.17, 15) is 40.0 Å². The Labute approximate surface area is 205 Å². The zero-order valence-electron chi connectivity index (χ0n) is 15.7. The normalized spacial score (nSPS) is 13.3. The molecular formula is C16H13F5I2O8S. The van der Waals surface area contributed by atoms with Crippen molar-refractivity contribution in [3.05, 3.63) is 37.0 Å². The van der Waals surface area contributed by atoms with Crippen LogP contribution in [0.15, 0.2) is 24.3 Å². The highest BCUT2D eigenvalue weighted by molar-refractivity contribution is 14.1. The van der Waals surface area contributed by atoms with Crippen molar-refractivity contribution in [1.29, 1.82) is 0 Å². The Morgan fingerprint density at radius 1 is 1.12 bits per heavy atom. The fourth-order valence-corrected chi connectivity index (χ4v) is 4.39. The van der Waals surface area contributed by atoms with Crippen molar-refractivity contribution in [3.63, 3.8) is 0 Å². The van der Waals surface area contributed by atoms with Gasteiger partial charge < -0.3 is 14.2 Å². The number of alkyl halides is 5. The summed E-state index contributed by atoms with van der Waals surface area (Å²) in [7, 11) is -6.55. The molecule has 1 aromatic rings. The maximum absolute atomic E-state index is 13.6. The molecule has 16 heteroatoms. The van der Waals surface area contributed by atoms with Crippen LogP contribution in [0.5, 0.6) is 5.75 Å². The summed E-state index contributed by atoms with van der Waals surface area (Å²) < 4.78 is 110. The first kappa shape index (κ1) is 28.8. The Kier molecular flexibility index (Phi) is 9.67. The second-order valence-electron chi connectivity index (χ2n) is 5.90.